The van der Waals surface area contributed by atoms with E-state index in [0.29, 0.717) is 0 Å². The Labute approximate surface area is 156 Å². The van der Waals surface area contributed by atoms with E-state index < -0.39 is 66.4 Å². The zero-order valence-corrected chi connectivity index (χ0v) is 15.6. The van der Waals surface area contributed by atoms with Crippen molar-refractivity contribution in [1.82, 2.24) is 21.3 Å². The lowest BCUT2D eigenvalue weighted by Gasteiger charge is -2.22. The van der Waals surface area contributed by atoms with E-state index in [9.17, 15) is 29.1 Å². The van der Waals surface area contributed by atoms with Crippen LogP contribution in [0.3, 0.4) is 0 Å². The van der Waals surface area contributed by atoms with E-state index in [1.165, 1.54) is 27.7 Å². The summed E-state index contributed by atoms with van der Waals surface area (Å²) in [7, 11) is 0. The van der Waals surface area contributed by atoms with Crippen LogP contribution in [0.2, 0.25) is 0 Å². The van der Waals surface area contributed by atoms with Crippen LogP contribution in [0.5, 0.6) is 0 Å². The van der Waals surface area contributed by atoms with Crippen LogP contribution in [0, 0.1) is 0 Å². The standard InChI is InChI=1S/C15H27N5O7/c1-6(16)11(22)17-8(3)13(24)20-10(5-21)14(25)18-7(2)12(23)19-9(4)15(26)27/h6-10,21H,5,16H2,1-4H3,(H,17,22)(H,18,25)(H,19,23)(H,20,24)(H,26,27)/t6-,7-,8-,9-,10-/m0/s1. The van der Waals surface area contributed by atoms with Crippen molar-refractivity contribution in [3.05, 3.63) is 0 Å². The number of aliphatic carboxylic acids is 1. The van der Waals surface area contributed by atoms with Gasteiger partial charge in [0.2, 0.25) is 23.6 Å². The van der Waals surface area contributed by atoms with E-state index in [2.05, 4.69) is 21.3 Å². The molecule has 5 atom stereocenters. The molecular weight excluding hydrogens is 362 g/mol. The number of aliphatic hydroxyl groups excluding tert-OH is 1. The Morgan fingerprint density at radius 3 is 1.56 bits per heavy atom. The molecule has 0 saturated heterocycles. The first kappa shape index (κ1) is 24.3. The molecule has 12 heteroatoms. The first-order valence-corrected chi connectivity index (χ1v) is 8.21. The summed E-state index contributed by atoms with van der Waals surface area (Å²) in [6.07, 6.45) is 0. The summed E-state index contributed by atoms with van der Waals surface area (Å²) >= 11 is 0. The van der Waals surface area contributed by atoms with Gasteiger partial charge in [-0.15, -0.1) is 0 Å². The van der Waals surface area contributed by atoms with Gasteiger partial charge in [-0.3, -0.25) is 24.0 Å². The van der Waals surface area contributed by atoms with Crippen molar-refractivity contribution in [2.45, 2.75) is 57.9 Å². The van der Waals surface area contributed by atoms with E-state index in [1.807, 2.05) is 0 Å². The fraction of sp³-hybridized carbons (Fsp3) is 0.667. The number of carboxylic acid groups (broad SMARTS) is 1. The Morgan fingerprint density at radius 1 is 0.741 bits per heavy atom. The molecule has 0 rings (SSSR count). The number of carboxylic acids is 1. The molecule has 0 aliphatic heterocycles. The number of nitrogens with two attached hydrogens (primary N) is 1. The van der Waals surface area contributed by atoms with Crippen molar-refractivity contribution in [2.24, 2.45) is 5.73 Å². The molecule has 0 aromatic heterocycles. The summed E-state index contributed by atoms with van der Waals surface area (Å²) < 4.78 is 0. The van der Waals surface area contributed by atoms with Crippen molar-refractivity contribution < 1.29 is 34.2 Å². The highest BCUT2D eigenvalue weighted by Crippen LogP contribution is 1.93. The van der Waals surface area contributed by atoms with Crippen molar-refractivity contribution in [1.29, 1.82) is 0 Å². The Kier molecular flexibility index (Phi) is 9.96. The number of nitrogens with one attached hydrogen (secondary N) is 4. The lowest BCUT2D eigenvalue weighted by molar-refractivity contribution is -0.141. The fourth-order valence-electron chi connectivity index (χ4n) is 1.68. The Morgan fingerprint density at radius 2 is 1.15 bits per heavy atom. The van der Waals surface area contributed by atoms with E-state index >= 15 is 0 Å². The molecule has 0 spiro atoms. The number of carbonyl (C=O) groups excluding carboxylic acids is 4. The summed E-state index contributed by atoms with van der Waals surface area (Å²) in [5, 5.41) is 27.0. The zero-order chi connectivity index (χ0) is 21.3. The van der Waals surface area contributed by atoms with Gasteiger partial charge in [0.05, 0.1) is 12.6 Å². The molecule has 0 unspecified atom stereocenters. The lowest BCUT2D eigenvalue weighted by atomic mass is 10.2. The van der Waals surface area contributed by atoms with Crippen molar-refractivity contribution in [3.63, 3.8) is 0 Å². The molecular formula is C15H27N5O7. The van der Waals surface area contributed by atoms with Crippen LogP contribution in [-0.2, 0) is 24.0 Å². The van der Waals surface area contributed by atoms with E-state index in [-0.39, 0.29) is 0 Å². The second kappa shape index (κ2) is 11.1. The van der Waals surface area contributed by atoms with Gasteiger partial charge < -0.3 is 37.2 Å². The number of rotatable bonds is 10. The molecule has 0 bridgehead atoms. The van der Waals surface area contributed by atoms with Crippen LogP contribution < -0.4 is 27.0 Å². The highest BCUT2D eigenvalue weighted by Gasteiger charge is 2.27. The molecule has 154 valence electrons. The highest BCUT2D eigenvalue weighted by atomic mass is 16.4. The van der Waals surface area contributed by atoms with Gasteiger partial charge in [0, 0.05) is 0 Å². The molecule has 0 aromatic rings. The number of aliphatic hydroxyl groups is 1. The second-order valence-corrected chi connectivity index (χ2v) is 6.06. The largest absolute Gasteiger partial charge is 0.480 e. The zero-order valence-electron chi connectivity index (χ0n) is 15.6. The highest BCUT2D eigenvalue weighted by molar-refractivity contribution is 5.95. The van der Waals surface area contributed by atoms with Crippen LogP contribution in [-0.4, -0.2) is 76.6 Å². The third-order valence-corrected chi connectivity index (χ3v) is 3.46. The SMILES string of the molecule is C[C@H](N)C(=O)N[C@@H](C)C(=O)N[C@@H](CO)C(=O)N[C@@H](C)C(=O)N[C@@H](C)C(=O)O. The maximum absolute atomic E-state index is 12.1. The normalized spacial score (nSPS) is 16.1. The topological polar surface area (TPSA) is 200 Å². The Hall–Kier alpha value is -2.73. The molecule has 27 heavy (non-hydrogen) atoms. The van der Waals surface area contributed by atoms with Gasteiger partial charge in [-0.2, -0.15) is 0 Å². The number of carbonyl (C=O) groups is 5. The monoisotopic (exact) mass is 389 g/mol. The van der Waals surface area contributed by atoms with Crippen molar-refractivity contribution in [2.75, 3.05) is 6.61 Å². The minimum atomic E-state index is -1.38. The molecule has 0 saturated carbocycles. The average molecular weight is 389 g/mol. The maximum Gasteiger partial charge on any atom is 0.325 e. The van der Waals surface area contributed by atoms with Crippen LogP contribution in [0.15, 0.2) is 0 Å². The van der Waals surface area contributed by atoms with Crippen molar-refractivity contribution >= 4 is 29.6 Å². The summed E-state index contributed by atoms with van der Waals surface area (Å²) in [5.74, 6) is -4.17. The van der Waals surface area contributed by atoms with Crippen LogP contribution in [0.4, 0.5) is 0 Å². The maximum atomic E-state index is 12.1. The van der Waals surface area contributed by atoms with Crippen LogP contribution >= 0.6 is 0 Å². The molecule has 0 aromatic carbocycles. The summed E-state index contributed by atoms with van der Waals surface area (Å²) in [6.45, 7) is 4.60. The fourth-order valence-corrected chi connectivity index (χ4v) is 1.68. The minimum absolute atomic E-state index is 0.569. The first-order chi connectivity index (χ1) is 12.4. The molecule has 0 aliphatic carbocycles. The molecule has 4 amide bonds. The Bertz CT molecular complexity index is 581. The molecule has 0 aliphatic rings. The smallest absolute Gasteiger partial charge is 0.325 e. The number of amides is 4. The quantitative estimate of drug-likeness (QED) is 0.199. The third kappa shape index (κ3) is 8.46. The van der Waals surface area contributed by atoms with Gasteiger partial charge in [0.25, 0.3) is 0 Å². The summed E-state index contributed by atoms with van der Waals surface area (Å²) in [4.78, 5) is 58.1. The molecule has 0 fully saturated rings. The summed E-state index contributed by atoms with van der Waals surface area (Å²) in [5.41, 5.74) is 5.37. The predicted octanol–water partition coefficient (Wildman–Crippen LogP) is -3.59. The lowest BCUT2D eigenvalue weighted by Crippen LogP contribution is -2.58. The van der Waals surface area contributed by atoms with Crippen LogP contribution in [0.25, 0.3) is 0 Å². The molecule has 0 radical (unpaired) electrons. The molecule has 12 nitrogen and oxygen atoms in total. The average Bonchev–Trinajstić information content (AvgIpc) is 2.58. The minimum Gasteiger partial charge on any atom is -0.480 e. The third-order valence-electron chi connectivity index (χ3n) is 3.46. The molecule has 0 heterocycles. The number of hydrogen-bond donors (Lipinski definition) is 7. The first-order valence-electron chi connectivity index (χ1n) is 8.21. The molecule has 8 N–H and O–H groups in total. The van der Waals surface area contributed by atoms with Gasteiger partial charge in [-0.1, -0.05) is 0 Å². The van der Waals surface area contributed by atoms with Gasteiger partial charge >= 0.3 is 5.97 Å². The number of hydrogen-bond acceptors (Lipinski definition) is 7. The second-order valence-electron chi connectivity index (χ2n) is 6.06. The van der Waals surface area contributed by atoms with Gasteiger partial charge in [-0.05, 0) is 27.7 Å². The van der Waals surface area contributed by atoms with E-state index in [4.69, 9.17) is 10.8 Å². The van der Waals surface area contributed by atoms with Crippen molar-refractivity contribution in [3.8, 4) is 0 Å². The van der Waals surface area contributed by atoms with Gasteiger partial charge in [0.15, 0.2) is 0 Å². The van der Waals surface area contributed by atoms with Gasteiger partial charge in [-0.25, -0.2) is 0 Å². The van der Waals surface area contributed by atoms with E-state index in [1.54, 1.807) is 0 Å². The van der Waals surface area contributed by atoms with Crippen LogP contribution in [0.1, 0.15) is 27.7 Å². The van der Waals surface area contributed by atoms with Gasteiger partial charge in [0.1, 0.15) is 24.2 Å². The predicted molar refractivity (Wildman–Crippen MR) is 93.1 cm³/mol. The Balaban J connectivity index is 4.72. The summed E-state index contributed by atoms with van der Waals surface area (Å²) in [6, 6.07) is -5.48. The van der Waals surface area contributed by atoms with E-state index in [0.717, 1.165) is 0 Å².